The molecule has 28 heavy (non-hydrogen) atoms. The Kier molecular flexibility index (Phi) is 5.97. The average Bonchev–Trinajstić information content (AvgIpc) is 2.69. The van der Waals surface area contributed by atoms with Crippen molar-refractivity contribution >= 4 is 5.97 Å². The monoisotopic (exact) mass is 390 g/mol. The van der Waals surface area contributed by atoms with E-state index in [2.05, 4.69) is 0 Å². The maximum atomic E-state index is 11.4. The molecule has 5 N–H and O–H groups in total. The minimum Gasteiger partial charge on any atom is -0.478 e. The van der Waals surface area contributed by atoms with Crippen LogP contribution in [-0.4, -0.2) is 68.8 Å². The van der Waals surface area contributed by atoms with E-state index in [1.807, 2.05) is 0 Å². The largest absolute Gasteiger partial charge is 0.478 e. The quantitative estimate of drug-likeness (QED) is 0.499. The van der Waals surface area contributed by atoms with Crippen molar-refractivity contribution in [1.82, 2.24) is 0 Å². The Bertz CT molecular complexity index is 850. The number of rotatable bonds is 5. The molecule has 1 saturated heterocycles. The summed E-state index contributed by atoms with van der Waals surface area (Å²) in [5.41, 5.74) is 2.05. The molecular formula is C20H22O8. The van der Waals surface area contributed by atoms with Crippen molar-refractivity contribution in [1.29, 1.82) is 0 Å². The predicted molar refractivity (Wildman–Crippen MR) is 98.0 cm³/mol. The van der Waals surface area contributed by atoms with Crippen molar-refractivity contribution in [2.75, 3.05) is 6.61 Å². The van der Waals surface area contributed by atoms with Gasteiger partial charge in [-0.15, -0.1) is 0 Å². The molecule has 2 aromatic carbocycles. The lowest BCUT2D eigenvalue weighted by atomic mass is 9.97. The molecule has 0 aromatic heterocycles. The fraction of sp³-hybridized carbons (Fsp3) is 0.350. The normalized spacial score (nSPS) is 27.4. The molecule has 3 rings (SSSR count). The average molecular weight is 390 g/mol. The number of aliphatic hydroxyl groups excluding tert-OH is 4. The summed E-state index contributed by atoms with van der Waals surface area (Å²) in [4.78, 5) is 11.4. The van der Waals surface area contributed by atoms with Crippen LogP contribution in [0.25, 0.3) is 11.1 Å². The fourth-order valence-electron chi connectivity index (χ4n) is 3.16. The van der Waals surface area contributed by atoms with Gasteiger partial charge in [0.1, 0.15) is 30.2 Å². The van der Waals surface area contributed by atoms with E-state index in [0.29, 0.717) is 22.4 Å². The third kappa shape index (κ3) is 3.87. The molecule has 0 saturated carbocycles. The Balaban J connectivity index is 1.85. The van der Waals surface area contributed by atoms with E-state index in [4.69, 9.17) is 9.47 Å². The summed E-state index contributed by atoms with van der Waals surface area (Å²) in [5, 5.41) is 48.4. The molecule has 2 aromatic rings. The van der Waals surface area contributed by atoms with Gasteiger partial charge in [-0.3, -0.25) is 0 Å². The maximum Gasteiger partial charge on any atom is 0.336 e. The second kappa shape index (κ2) is 8.26. The van der Waals surface area contributed by atoms with E-state index < -0.39 is 43.3 Å². The van der Waals surface area contributed by atoms with Gasteiger partial charge in [0, 0.05) is 0 Å². The van der Waals surface area contributed by atoms with Gasteiger partial charge in [-0.2, -0.15) is 0 Å². The van der Waals surface area contributed by atoms with Crippen LogP contribution in [-0.2, 0) is 4.74 Å². The minimum atomic E-state index is -1.53. The Morgan fingerprint density at radius 2 is 1.79 bits per heavy atom. The van der Waals surface area contributed by atoms with Crippen molar-refractivity contribution in [3.63, 3.8) is 0 Å². The van der Waals surface area contributed by atoms with Crippen LogP contribution < -0.4 is 4.74 Å². The van der Waals surface area contributed by atoms with Crippen LogP contribution >= 0.6 is 0 Å². The van der Waals surface area contributed by atoms with Crippen LogP contribution in [0.15, 0.2) is 42.5 Å². The number of aryl methyl sites for hydroxylation is 1. The summed E-state index contributed by atoms with van der Waals surface area (Å²) in [7, 11) is 0. The number of ether oxygens (including phenoxy) is 2. The molecule has 1 aliphatic rings. The van der Waals surface area contributed by atoms with Crippen LogP contribution in [0.1, 0.15) is 15.9 Å². The third-order valence-corrected chi connectivity index (χ3v) is 4.73. The number of aliphatic hydroxyl groups is 4. The van der Waals surface area contributed by atoms with Crippen LogP contribution in [0.5, 0.6) is 5.75 Å². The Hall–Kier alpha value is -2.49. The van der Waals surface area contributed by atoms with E-state index in [9.17, 15) is 30.3 Å². The smallest absolute Gasteiger partial charge is 0.336 e. The van der Waals surface area contributed by atoms with E-state index >= 15 is 0 Å². The molecule has 1 heterocycles. The number of carboxylic acid groups (broad SMARTS) is 1. The molecule has 0 aliphatic carbocycles. The first kappa shape index (κ1) is 20.2. The molecule has 150 valence electrons. The van der Waals surface area contributed by atoms with Crippen LogP contribution in [0.3, 0.4) is 0 Å². The summed E-state index contributed by atoms with van der Waals surface area (Å²) in [6, 6.07) is 11.6. The first-order valence-corrected chi connectivity index (χ1v) is 8.74. The summed E-state index contributed by atoms with van der Waals surface area (Å²) in [6.07, 6.45) is -6.85. The van der Waals surface area contributed by atoms with Gasteiger partial charge in [-0.1, -0.05) is 24.3 Å². The number of carbonyl (C=O) groups is 1. The van der Waals surface area contributed by atoms with Crippen LogP contribution in [0, 0.1) is 6.92 Å². The molecule has 0 bridgehead atoms. The zero-order valence-corrected chi connectivity index (χ0v) is 15.1. The molecule has 0 radical (unpaired) electrons. The van der Waals surface area contributed by atoms with E-state index in [-0.39, 0.29) is 5.56 Å². The standard InChI is InChI=1S/C20H22O8/c1-10-8-11(12-4-2-3-5-13(12)19(25)26)6-7-14(10)27-20-18(24)17(23)16(22)15(9-21)28-20/h2-8,15-18,20-24H,9H2,1H3,(H,25,26)/t15-,16+,17-,18+,20-/m0/s1. The highest BCUT2D eigenvalue weighted by molar-refractivity contribution is 5.96. The van der Waals surface area contributed by atoms with Crippen molar-refractivity contribution in [2.24, 2.45) is 0 Å². The molecule has 0 amide bonds. The number of hydrogen-bond donors (Lipinski definition) is 5. The molecule has 0 unspecified atom stereocenters. The highest BCUT2D eigenvalue weighted by Gasteiger charge is 2.44. The second-order valence-electron chi connectivity index (χ2n) is 6.65. The van der Waals surface area contributed by atoms with Gasteiger partial charge < -0.3 is 35.0 Å². The first-order chi connectivity index (χ1) is 13.3. The molecule has 8 heteroatoms. The third-order valence-electron chi connectivity index (χ3n) is 4.73. The van der Waals surface area contributed by atoms with Gasteiger partial charge in [0.15, 0.2) is 0 Å². The Morgan fingerprint density at radius 1 is 1.07 bits per heavy atom. The molecule has 5 atom stereocenters. The Labute approximate surface area is 161 Å². The van der Waals surface area contributed by atoms with Gasteiger partial charge >= 0.3 is 5.97 Å². The number of carboxylic acids is 1. The molecular weight excluding hydrogens is 368 g/mol. The summed E-state index contributed by atoms with van der Waals surface area (Å²) >= 11 is 0. The topological polar surface area (TPSA) is 137 Å². The van der Waals surface area contributed by atoms with E-state index in [1.54, 1.807) is 43.3 Å². The fourth-order valence-corrected chi connectivity index (χ4v) is 3.16. The van der Waals surface area contributed by atoms with Gasteiger partial charge in [0.2, 0.25) is 6.29 Å². The lowest BCUT2D eigenvalue weighted by Crippen LogP contribution is -2.60. The Morgan fingerprint density at radius 3 is 2.43 bits per heavy atom. The highest BCUT2D eigenvalue weighted by Crippen LogP contribution is 2.31. The predicted octanol–water partition coefficient (Wildman–Crippen LogP) is 0.539. The van der Waals surface area contributed by atoms with Gasteiger partial charge in [0.25, 0.3) is 0 Å². The zero-order chi connectivity index (χ0) is 20.4. The van der Waals surface area contributed by atoms with E-state index in [0.717, 1.165) is 0 Å². The highest BCUT2D eigenvalue weighted by atomic mass is 16.7. The summed E-state index contributed by atoms with van der Waals surface area (Å²) in [5.74, 6) is -0.684. The summed E-state index contributed by atoms with van der Waals surface area (Å²) in [6.45, 7) is 1.20. The van der Waals surface area contributed by atoms with E-state index in [1.165, 1.54) is 6.07 Å². The second-order valence-corrected chi connectivity index (χ2v) is 6.65. The van der Waals surface area contributed by atoms with Gasteiger partial charge in [0.05, 0.1) is 12.2 Å². The number of hydrogen-bond acceptors (Lipinski definition) is 7. The lowest BCUT2D eigenvalue weighted by molar-refractivity contribution is -0.277. The van der Waals surface area contributed by atoms with Crippen LogP contribution in [0.2, 0.25) is 0 Å². The van der Waals surface area contributed by atoms with Crippen LogP contribution in [0.4, 0.5) is 0 Å². The van der Waals surface area contributed by atoms with Gasteiger partial charge in [-0.05, 0) is 41.8 Å². The van der Waals surface area contributed by atoms with Gasteiger partial charge in [-0.25, -0.2) is 4.79 Å². The van der Waals surface area contributed by atoms with Crippen molar-refractivity contribution in [2.45, 2.75) is 37.6 Å². The van der Waals surface area contributed by atoms with Crippen molar-refractivity contribution in [3.8, 4) is 16.9 Å². The van der Waals surface area contributed by atoms with Crippen molar-refractivity contribution < 1.29 is 39.8 Å². The molecule has 0 spiro atoms. The maximum absolute atomic E-state index is 11.4. The zero-order valence-electron chi connectivity index (χ0n) is 15.1. The number of benzene rings is 2. The lowest BCUT2D eigenvalue weighted by Gasteiger charge is -2.39. The first-order valence-electron chi connectivity index (χ1n) is 8.74. The molecule has 1 aliphatic heterocycles. The van der Waals surface area contributed by atoms with Crippen molar-refractivity contribution in [3.05, 3.63) is 53.6 Å². The minimum absolute atomic E-state index is 0.171. The number of aromatic carboxylic acids is 1. The molecule has 8 nitrogen and oxygen atoms in total. The molecule has 1 fully saturated rings. The SMILES string of the molecule is Cc1cc(-c2ccccc2C(=O)O)ccc1O[C@H]1O[C@@H](CO)[C@@H](O)[C@H](O)[C@H]1O. The summed E-state index contributed by atoms with van der Waals surface area (Å²) < 4.78 is 11.0.